The lowest BCUT2D eigenvalue weighted by molar-refractivity contribution is -0.116. The Kier molecular flexibility index (Phi) is 7.88. The topological polar surface area (TPSA) is 84.9 Å². The Morgan fingerprint density at radius 1 is 1.23 bits per heavy atom. The van der Waals surface area contributed by atoms with Gasteiger partial charge in [0, 0.05) is 30.2 Å². The first-order valence-electron chi connectivity index (χ1n) is 9.83. The number of rotatable bonds is 8. The molecular weight excluding hydrogens is 447 g/mol. The van der Waals surface area contributed by atoms with Gasteiger partial charge in [0.2, 0.25) is 15.9 Å². The maximum Gasteiger partial charge on any atom is 0.246 e. The summed E-state index contributed by atoms with van der Waals surface area (Å²) >= 11 is 5.98. The van der Waals surface area contributed by atoms with Gasteiger partial charge in [0.25, 0.3) is 0 Å². The Morgan fingerprint density at radius 2 is 1.97 bits per heavy atom. The summed E-state index contributed by atoms with van der Waals surface area (Å²) in [5, 5.41) is 3.27. The molecule has 0 unspecified atom stereocenters. The molecule has 1 aliphatic rings. The third-order valence-electron chi connectivity index (χ3n) is 4.75. The van der Waals surface area contributed by atoms with Crippen LogP contribution < -0.4 is 10.1 Å². The second kappa shape index (κ2) is 10.4. The molecule has 1 aliphatic heterocycles. The number of nitrogens with one attached hydrogen (secondary N) is 1. The molecule has 0 radical (unpaired) electrons. The van der Waals surface area contributed by atoms with Gasteiger partial charge in [0.1, 0.15) is 16.5 Å². The number of ether oxygens (including phenoxy) is 2. The van der Waals surface area contributed by atoms with E-state index >= 15 is 0 Å². The standard InChI is InChI=1S/C21H24ClFN2O5S/c1-15-13-17(5-6-18(15)22)30-10-2-3-21(26)24-16-4-7-19(23)20(14-16)31(27,28)25-8-11-29-12-9-25/h4-7,13-14H,2-3,8-12H2,1H3,(H,24,26). The maximum absolute atomic E-state index is 14.2. The monoisotopic (exact) mass is 470 g/mol. The van der Waals surface area contributed by atoms with E-state index in [9.17, 15) is 17.6 Å². The van der Waals surface area contributed by atoms with Crippen LogP contribution in [-0.4, -0.2) is 51.5 Å². The highest BCUT2D eigenvalue weighted by molar-refractivity contribution is 7.89. The molecule has 31 heavy (non-hydrogen) atoms. The summed E-state index contributed by atoms with van der Waals surface area (Å²) in [7, 11) is -4.01. The summed E-state index contributed by atoms with van der Waals surface area (Å²) in [6.07, 6.45) is 0.614. The van der Waals surface area contributed by atoms with E-state index < -0.39 is 20.7 Å². The highest BCUT2D eigenvalue weighted by atomic mass is 35.5. The molecule has 0 saturated carbocycles. The smallest absolute Gasteiger partial charge is 0.246 e. The fraction of sp³-hybridized carbons (Fsp3) is 0.381. The summed E-state index contributed by atoms with van der Waals surface area (Å²) in [4.78, 5) is 11.8. The highest BCUT2D eigenvalue weighted by Crippen LogP contribution is 2.24. The summed E-state index contributed by atoms with van der Waals surface area (Å²) in [6.45, 7) is 3.04. The van der Waals surface area contributed by atoms with Crippen LogP contribution in [0, 0.1) is 12.7 Å². The van der Waals surface area contributed by atoms with Crippen LogP contribution in [0.15, 0.2) is 41.3 Å². The molecule has 0 atom stereocenters. The minimum absolute atomic E-state index is 0.158. The van der Waals surface area contributed by atoms with Gasteiger partial charge < -0.3 is 14.8 Å². The Bertz CT molecular complexity index is 1040. The molecule has 0 spiro atoms. The van der Waals surface area contributed by atoms with Gasteiger partial charge in [0.05, 0.1) is 19.8 Å². The molecule has 2 aromatic rings. The number of aryl methyl sites for hydroxylation is 1. The summed E-state index contributed by atoms with van der Waals surface area (Å²) in [5.74, 6) is -0.521. The van der Waals surface area contributed by atoms with E-state index in [1.165, 1.54) is 10.4 Å². The number of benzene rings is 2. The van der Waals surface area contributed by atoms with Crippen molar-refractivity contribution in [1.82, 2.24) is 4.31 Å². The predicted octanol–water partition coefficient (Wildman–Crippen LogP) is 3.61. The van der Waals surface area contributed by atoms with Crippen molar-refractivity contribution in [3.63, 3.8) is 0 Å². The molecule has 3 rings (SSSR count). The zero-order valence-electron chi connectivity index (χ0n) is 17.1. The fourth-order valence-electron chi connectivity index (χ4n) is 3.06. The third-order valence-corrected chi connectivity index (χ3v) is 7.09. The van der Waals surface area contributed by atoms with E-state index in [2.05, 4.69) is 5.32 Å². The average Bonchev–Trinajstić information content (AvgIpc) is 2.75. The zero-order chi connectivity index (χ0) is 22.4. The van der Waals surface area contributed by atoms with E-state index in [1.807, 2.05) is 13.0 Å². The Hall–Kier alpha value is -2.20. The quantitative estimate of drug-likeness (QED) is 0.596. The number of morpholine rings is 1. The van der Waals surface area contributed by atoms with E-state index in [1.54, 1.807) is 12.1 Å². The fourth-order valence-corrected chi connectivity index (χ4v) is 4.67. The molecule has 10 heteroatoms. The molecule has 2 aromatic carbocycles. The van der Waals surface area contributed by atoms with Crippen molar-refractivity contribution in [3.8, 4) is 5.75 Å². The largest absolute Gasteiger partial charge is 0.494 e. The van der Waals surface area contributed by atoms with E-state index in [0.717, 1.165) is 17.7 Å². The van der Waals surface area contributed by atoms with Gasteiger partial charge in [-0.2, -0.15) is 4.31 Å². The van der Waals surface area contributed by atoms with Gasteiger partial charge in [-0.05, 0) is 55.3 Å². The van der Waals surface area contributed by atoms with Crippen molar-refractivity contribution in [2.24, 2.45) is 0 Å². The number of halogens is 2. The molecule has 0 aliphatic carbocycles. The van der Waals surface area contributed by atoms with E-state index in [-0.39, 0.29) is 44.3 Å². The third kappa shape index (κ3) is 6.16. The predicted molar refractivity (Wildman–Crippen MR) is 116 cm³/mol. The lowest BCUT2D eigenvalue weighted by atomic mass is 10.2. The number of carbonyl (C=O) groups excluding carboxylic acids is 1. The number of amides is 1. The summed E-state index contributed by atoms with van der Waals surface area (Å²) in [6, 6.07) is 8.83. The van der Waals surface area contributed by atoms with Crippen LogP contribution in [0.1, 0.15) is 18.4 Å². The van der Waals surface area contributed by atoms with E-state index in [0.29, 0.717) is 23.8 Å². The average molecular weight is 471 g/mol. The number of hydrogen-bond acceptors (Lipinski definition) is 5. The Balaban J connectivity index is 1.55. The van der Waals surface area contributed by atoms with Crippen LogP contribution in [0.5, 0.6) is 5.75 Å². The first kappa shape index (κ1) is 23.5. The molecule has 1 heterocycles. The lowest BCUT2D eigenvalue weighted by Gasteiger charge is -2.26. The Labute approximate surface area is 186 Å². The van der Waals surface area contributed by atoms with Crippen molar-refractivity contribution < 1.29 is 27.1 Å². The second-order valence-corrected chi connectivity index (χ2v) is 9.39. The highest BCUT2D eigenvalue weighted by Gasteiger charge is 2.29. The van der Waals surface area contributed by atoms with Crippen LogP contribution in [0.3, 0.4) is 0 Å². The van der Waals surface area contributed by atoms with Crippen LogP contribution in [0.2, 0.25) is 5.02 Å². The van der Waals surface area contributed by atoms with Gasteiger partial charge in [-0.3, -0.25) is 4.79 Å². The molecule has 1 amide bonds. The normalized spacial score (nSPS) is 14.9. The number of sulfonamides is 1. The summed E-state index contributed by atoms with van der Waals surface area (Å²) < 4.78 is 51.6. The van der Waals surface area contributed by atoms with Gasteiger partial charge in [-0.1, -0.05) is 11.6 Å². The van der Waals surface area contributed by atoms with Crippen molar-refractivity contribution in [3.05, 3.63) is 52.8 Å². The van der Waals surface area contributed by atoms with Crippen molar-refractivity contribution >= 4 is 33.2 Å². The number of anilines is 1. The van der Waals surface area contributed by atoms with Gasteiger partial charge in [-0.25, -0.2) is 12.8 Å². The minimum Gasteiger partial charge on any atom is -0.494 e. The van der Waals surface area contributed by atoms with E-state index in [4.69, 9.17) is 21.1 Å². The molecule has 1 fully saturated rings. The van der Waals surface area contributed by atoms with Gasteiger partial charge in [-0.15, -0.1) is 0 Å². The first-order chi connectivity index (χ1) is 14.8. The molecule has 1 N–H and O–H groups in total. The Morgan fingerprint density at radius 3 is 2.68 bits per heavy atom. The number of nitrogens with zero attached hydrogens (tertiary/aromatic N) is 1. The van der Waals surface area contributed by atoms with Crippen molar-refractivity contribution in [2.45, 2.75) is 24.7 Å². The van der Waals surface area contributed by atoms with Crippen LogP contribution in [-0.2, 0) is 19.6 Å². The molecule has 7 nitrogen and oxygen atoms in total. The van der Waals surface area contributed by atoms with Gasteiger partial charge in [0.15, 0.2) is 0 Å². The van der Waals surface area contributed by atoms with Crippen LogP contribution in [0.25, 0.3) is 0 Å². The molecule has 0 bridgehead atoms. The SMILES string of the molecule is Cc1cc(OCCCC(=O)Nc2ccc(F)c(S(=O)(=O)N3CCOCC3)c2)ccc1Cl. The van der Waals surface area contributed by atoms with Gasteiger partial charge >= 0.3 is 0 Å². The van der Waals surface area contributed by atoms with Crippen molar-refractivity contribution in [2.75, 3.05) is 38.2 Å². The van der Waals surface area contributed by atoms with Crippen LogP contribution in [0.4, 0.5) is 10.1 Å². The maximum atomic E-state index is 14.2. The summed E-state index contributed by atoms with van der Waals surface area (Å²) in [5.41, 5.74) is 1.11. The number of carbonyl (C=O) groups is 1. The zero-order valence-corrected chi connectivity index (χ0v) is 18.6. The van der Waals surface area contributed by atoms with Crippen LogP contribution >= 0.6 is 11.6 Å². The lowest BCUT2D eigenvalue weighted by Crippen LogP contribution is -2.40. The molecular formula is C21H24ClFN2O5S. The number of hydrogen-bond donors (Lipinski definition) is 1. The minimum atomic E-state index is -4.01. The first-order valence-corrected chi connectivity index (χ1v) is 11.7. The molecule has 168 valence electrons. The second-order valence-electron chi connectivity index (χ2n) is 7.07. The molecule has 0 aromatic heterocycles. The van der Waals surface area contributed by atoms with Crippen molar-refractivity contribution in [1.29, 1.82) is 0 Å². The molecule has 1 saturated heterocycles.